The summed E-state index contributed by atoms with van der Waals surface area (Å²) >= 11 is 9.79. The van der Waals surface area contributed by atoms with Crippen LogP contribution < -0.4 is 10.1 Å². The lowest BCUT2D eigenvalue weighted by molar-refractivity contribution is -0.384. The monoisotopic (exact) mass is 553 g/mol. The van der Waals surface area contributed by atoms with Gasteiger partial charge < -0.3 is 10.1 Å². The number of nitriles is 1. The summed E-state index contributed by atoms with van der Waals surface area (Å²) in [5, 5.41) is 23.3. The minimum Gasteiger partial charge on any atom is -0.486 e. The summed E-state index contributed by atoms with van der Waals surface area (Å²) in [5.41, 5.74) is 2.44. The zero-order valence-electron chi connectivity index (χ0n) is 18.5. The van der Waals surface area contributed by atoms with E-state index in [1.165, 1.54) is 23.8 Å². The predicted molar refractivity (Wildman–Crippen MR) is 138 cm³/mol. The fourth-order valence-corrected chi connectivity index (χ4v) is 4.21. The third-order valence-corrected chi connectivity index (χ3v) is 5.87. The van der Waals surface area contributed by atoms with Crippen LogP contribution in [0.5, 0.6) is 5.75 Å². The number of halogens is 2. The van der Waals surface area contributed by atoms with Gasteiger partial charge in [0.1, 0.15) is 18.2 Å². The summed E-state index contributed by atoms with van der Waals surface area (Å²) in [6.07, 6.45) is 3.05. The standard InChI is InChI=1S/C26H21BrClN3O4/c27-23-14-20(13-21(16-29)26(32)30-12-4-7-18-5-2-1-3-6-18)15-24(28)25(23)35-17-19-8-10-22(11-9-19)31(33)34/h1-3,5-6,8-11,13-15H,4,7,12,17H2,(H,30,32)/b21-13-. The smallest absolute Gasteiger partial charge is 0.269 e. The molecule has 9 heteroatoms. The van der Waals surface area contributed by atoms with E-state index >= 15 is 0 Å². The number of rotatable bonds is 10. The van der Waals surface area contributed by atoms with Gasteiger partial charge in [0.15, 0.2) is 5.75 Å². The molecule has 0 aliphatic heterocycles. The first kappa shape index (κ1) is 25.9. The zero-order chi connectivity index (χ0) is 25.2. The molecule has 0 atom stereocenters. The van der Waals surface area contributed by atoms with Crippen LogP contribution in [-0.2, 0) is 17.8 Å². The number of hydrogen-bond acceptors (Lipinski definition) is 5. The number of nitrogens with zero attached hydrogens (tertiary/aromatic N) is 2. The maximum atomic E-state index is 12.4. The minimum atomic E-state index is -0.467. The molecule has 0 bridgehead atoms. The quantitative estimate of drug-likeness (QED) is 0.105. The molecule has 0 aliphatic rings. The maximum Gasteiger partial charge on any atom is 0.269 e. The van der Waals surface area contributed by atoms with Crippen LogP contribution in [0.15, 0.2) is 76.8 Å². The Kier molecular flexibility index (Phi) is 9.41. The van der Waals surface area contributed by atoms with Gasteiger partial charge in [-0.05, 0) is 75.8 Å². The van der Waals surface area contributed by atoms with Crippen LogP contribution in [0.4, 0.5) is 5.69 Å². The molecule has 0 unspecified atom stereocenters. The largest absolute Gasteiger partial charge is 0.486 e. The zero-order valence-corrected chi connectivity index (χ0v) is 20.9. The summed E-state index contributed by atoms with van der Waals surface area (Å²) in [7, 11) is 0. The Morgan fingerprint density at radius 2 is 1.86 bits per heavy atom. The van der Waals surface area contributed by atoms with Gasteiger partial charge in [0.25, 0.3) is 11.6 Å². The number of nitro benzene ring substituents is 1. The second kappa shape index (κ2) is 12.7. The second-order valence-electron chi connectivity index (χ2n) is 7.54. The molecule has 0 saturated heterocycles. The molecule has 3 aromatic carbocycles. The molecule has 3 aromatic rings. The van der Waals surface area contributed by atoms with Crippen molar-refractivity contribution in [3.63, 3.8) is 0 Å². The molecular weight excluding hydrogens is 534 g/mol. The molecule has 35 heavy (non-hydrogen) atoms. The fourth-order valence-electron chi connectivity index (χ4n) is 3.22. The average molecular weight is 555 g/mol. The predicted octanol–water partition coefficient (Wildman–Crippen LogP) is 6.25. The van der Waals surface area contributed by atoms with Gasteiger partial charge in [0, 0.05) is 18.7 Å². The first-order chi connectivity index (χ1) is 16.9. The van der Waals surface area contributed by atoms with Crippen molar-refractivity contribution >= 4 is 45.2 Å². The Labute approximate surface area is 216 Å². The number of aryl methyl sites for hydroxylation is 1. The number of ether oxygens (including phenoxy) is 1. The van der Waals surface area contributed by atoms with Gasteiger partial charge in [-0.2, -0.15) is 5.26 Å². The molecule has 0 spiro atoms. The average Bonchev–Trinajstić information content (AvgIpc) is 2.85. The maximum absolute atomic E-state index is 12.4. The first-order valence-electron chi connectivity index (χ1n) is 10.7. The van der Waals surface area contributed by atoms with Crippen molar-refractivity contribution < 1.29 is 14.5 Å². The number of amides is 1. The molecule has 0 fully saturated rings. The molecule has 7 nitrogen and oxygen atoms in total. The molecule has 0 radical (unpaired) electrons. The van der Waals surface area contributed by atoms with Crippen LogP contribution in [0.3, 0.4) is 0 Å². The van der Waals surface area contributed by atoms with E-state index in [2.05, 4.69) is 21.2 Å². The molecule has 0 aliphatic carbocycles. The molecule has 0 aromatic heterocycles. The SMILES string of the molecule is N#C/C(=C/c1cc(Cl)c(OCc2ccc([N+](=O)[O-])cc2)c(Br)c1)C(=O)NCCCc1ccccc1. The van der Waals surface area contributed by atoms with Crippen molar-refractivity contribution in [3.8, 4) is 11.8 Å². The molecule has 1 N–H and O–H groups in total. The van der Waals surface area contributed by atoms with Gasteiger partial charge in [-0.25, -0.2) is 0 Å². The normalized spacial score (nSPS) is 10.9. The molecule has 178 valence electrons. The van der Waals surface area contributed by atoms with Gasteiger partial charge >= 0.3 is 0 Å². The Morgan fingerprint density at radius 1 is 1.14 bits per heavy atom. The summed E-state index contributed by atoms with van der Waals surface area (Å²) < 4.78 is 6.32. The molecule has 0 heterocycles. The Bertz CT molecular complexity index is 1250. The Balaban J connectivity index is 1.60. The van der Waals surface area contributed by atoms with Crippen molar-refractivity contribution in [2.75, 3.05) is 6.54 Å². The summed E-state index contributed by atoms with van der Waals surface area (Å²) in [4.78, 5) is 22.7. The number of hydrogen-bond donors (Lipinski definition) is 1. The lowest BCUT2D eigenvalue weighted by Gasteiger charge is -2.11. The van der Waals surface area contributed by atoms with Gasteiger partial charge in [0.2, 0.25) is 0 Å². The van der Waals surface area contributed by atoms with Crippen molar-refractivity contribution in [2.24, 2.45) is 0 Å². The van der Waals surface area contributed by atoms with E-state index in [0.29, 0.717) is 22.3 Å². The topological polar surface area (TPSA) is 105 Å². The third kappa shape index (κ3) is 7.67. The van der Waals surface area contributed by atoms with Crippen LogP contribution in [0.2, 0.25) is 5.02 Å². The van der Waals surface area contributed by atoms with E-state index in [4.69, 9.17) is 16.3 Å². The number of carbonyl (C=O) groups excluding carboxylic acids is 1. The van der Waals surface area contributed by atoms with Gasteiger partial charge in [-0.3, -0.25) is 14.9 Å². The van der Waals surface area contributed by atoms with Crippen LogP contribution in [0.25, 0.3) is 6.08 Å². The molecule has 0 saturated carbocycles. The summed E-state index contributed by atoms with van der Waals surface area (Å²) in [6, 6.07) is 21.2. The Hall–Kier alpha value is -3.67. The number of carbonyl (C=O) groups is 1. The van der Waals surface area contributed by atoms with Crippen LogP contribution in [0.1, 0.15) is 23.1 Å². The highest BCUT2D eigenvalue weighted by Gasteiger charge is 2.13. The fraction of sp³-hybridized carbons (Fsp3) is 0.154. The highest BCUT2D eigenvalue weighted by molar-refractivity contribution is 9.10. The second-order valence-corrected chi connectivity index (χ2v) is 8.80. The van der Waals surface area contributed by atoms with E-state index in [-0.39, 0.29) is 22.9 Å². The lowest BCUT2D eigenvalue weighted by Crippen LogP contribution is -2.25. The molecular formula is C26H21BrClN3O4. The van der Waals surface area contributed by atoms with Crippen LogP contribution in [0, 0.1) is 21.4 Å². The highest BCUT2D eigenvalue weighted by Crippen LogP contribution is 2.35. The van der Waals surface area contributed by atoms with Crippen molar-refractivity contribution in [2.45, 2.75) is 19.4 Å². The number of benzene rings is 3. The van der Waals surface area contributed by atoms with E-state index in [1.807, 2.05) is 36.4 Å². The van der Waals surface area contributed by atoms with Gasteiger partial charge in [0.05, 0.1) is 14.4 Å². The van der Waals surface area contributed by atoms with Gasteiger partial charge in [-0.1, -0.05) is 41.9 Å². The minimum absolute atomic E-state index is 0.00219. The van der Waals surface area contributed by atoms with Crippen LogP contribution in [-0.4, -0.2) is 17.4 Å². The number of nitro groups is 1. The van der Waals surface area contributed by atoms with E-state index < -0.39 is 10.8 Å². The summed E-state index contributed by atoms with van der Waals surface area (Å²) in [6.45, 7) is 0.604. The lowest BCUT2D eigenvalue weighted by atomic mass is 10.1. The molecule has 1 amide bonds. The van der Waals surface area contributed by atoms with Crippen LogP contribution >= 0.6 is 27.5 Å². The van der Waals surface area contributed by atoms with E-state index in [9.17, 15) is 20.2 Å². The van der Waals surface area contributed by atoms with E-state index in [1.54, 1.807) is 24.3 Å². The number of non-ortho nitro benzene ring substituents is 1. The van der Waals surface area contributed by atoms with Crippen molar-refractivity contribution in [3.05, 3.63) is 109 Å². The number of nitrogens with one attached hydrogen (secondary N) is 1. The van der Waals surface area contributed by atoms with Gasteiger partial charge in [-0.15, -0.1) is 0 Å². The van der Waals surface area contributed by atoms with Crippen molar-refractivity contribution in [1.29, 1.82) is 5.26 Å². The first-order valence-corrected chi connectivity index (χ1v) is 11.8. The van der Waals surface area contributed by atoms with Crippen molar-refractivity contribution in [1.82, 2.24) is 5.32 Å². The Morgan fingerprint density at radius 3 is 2.49 bits per heavy atom. The third-order valence-electron chi connectivity index (χ3n) is 5.00. The highest BCUT2D eigenvalue weighted by atomic mass is 79.9. The summed E-state index contributed by atoms with van der Waals surface area (Å²) in [5.74, 6) is -0.0719. The molecule has 3 rings (SSSR count). The van der Waals surface area contributed by atoms with E-state index in [0.717, 1.165) is 18.4 Å².